The van der Waals surface area contributed by atoms with Crippen molar-refractivity contribution in [2.45, 2.75) is 24.3 Å². The highest BCUT2D eigenvalue weighted by Gasteiger charge is 2.34. The monoisotopic (exact) mass is 316 g/mol. The normalized spacial score (nSPS) is 26.0. The van der Waals surface area contributed by atoms with Gasteiger partial charge in [0, 0.05) is 35.6 Å². The maximum atomic E-state index is 6.10. The predicted molar refractivity (Wildman–Crippen MR) is 89.8 cm³/mol. The summed E-state index contributed by atoms with van der Waals surface area (Å²) in [6.45, 7) is 3.59. The number of nitrogens with zero attached hydrogens (tertiary/aromatic N) is 3. The van der Waals surface area contributed by atoms with Gasteiger partial charge in [-0.1, -0.05) is 12.1 Å². The molecule has 0 unspecified atom stereocenters. The highest BCUT2D eigenvalue weighted by Crippen LogP contribution is 2.31. The van der Waals surface area contributed by atoms with Crippen molar-refractivity contribution in [1.82, 2.24) is 14.9 Å². The highest BCUT2D eigenvalue weighted by molar-refractivity contribution is 8.00. The Bertz CT molecular complexity index is 678. The van der Waals surface area contributed by atoms with Gasteiger partial charge in [-0.15, -0.1) is 0 Å². The molecule has 0 bridgehead atoms. The fourth-order valence-corrected chi connectivity index (χ4v) is 4.73. The molecule has 0 spiro atoms. The lowest BCUT2D eigenvalue weighted by Gasteiger charge is -2.43. The Balaban J connectivity index is 1.59. The molecular weight excluding hydrogens is 296 g/mol. The van der Waals surface area contributed by atoms with E-state index in [9.17, 15) is 0 Å². The van der Waals surface area contributed by atoms with E-state index in [-0.39, 0.29) is 0 Å². The molecule has 2 aliphatic rings. The van der Waals surface area contributed by atoms with Gasteiger partial charge in [0.25, 0.3) is 0 Å². The Kier molecular flexibility index (Phi) is 3.90. The summed E-state index contributed by atoms with van der Waals surface area (Å²) >= 11 is 2.03. The molecule has 2 fully saturated rings. The summed E-state index contributed by atoms with van der Waals surface area (Å²) in [6.07, 6.45) is 1.10. The minimum atomic E-state index is 0.573. The van der Waals surface area contributed by atoms with Crippen molar-refractivity contribution in [2.75, 3.05) is 31.2 Å². The van der Waals surface area contributed by atoms with E-state index in [0.29, 0.717) is 17.1 Å². The summed E-state index contributed by atoms with van der Waals surface area (Å²) in [7, 11) is 0. The van der Waals surface area contributed by atoms with E-state index in [1.807, 2.05) is 36.0 Å². The number of fused-ring (bicyclic) bond motifs is 2. The first-order valence-corrected chi connectivity index (χ1v) is 8.80. The Hall–Kier alpha value is -1.37. The molecule has 2 aromatic rings. The van der Waals surface area contributed by atoms with Gasteiger partial charge in [-0.2, -0.15) is 11.8 Å². The Labute approximate surface area is 134 Å². The molecule has 4 rings (SSSR count). The van der Waals surface area contributed by atoms with Crippen LogP contribution in [0.4, 0.5) is 5.82 Å². The van der Waals surface area contributed by atoms with Crippen LogP contribution in [-0.4, -0.2) is 51.7 Å². The van der Waals surface area contributed by atoms with E-state index in [1.54, 1.807) is 0 Å². The molecule has 2 atom stereocenters. The van der Waals surface area contributed by atoms with Crippen LogP contribution in [0, 0.1) is 0 Å². The van der Waals surface area contributed by atoms with Gasteiger partial charge in [0.15, 0.2) is 0 Å². The first-order chi connectivity index (χ1) is 10.8. The zero-order valence-electron chi connectivity index (χ0n) is 12.4. The van der Waals surface area contributed by atoms with Gasteiger partial charge in [0.2, 0.25) is 0 Å². The molecule has 2 saturated heterocycles. The molecule has 0 saturated carbocycles. The van der Waals surface area contributed by atoms with Crippen molar-refractivity contribution in [1.29, 1.82) is 0 Å². The number of para-hydroxylation sites is 1. The standard InChI is InChI=1S/C16H20N4OS/c17-16-11-3-1-2-4-12(11)18-15(19-16)9-20-6-8-22-14-10-21-7-5-13(14)20/h1-4,13-14H,5-10H2,(H2,17,18,19)/t13-,14-/m0/s1. The van der Waals surface area contributed by atoms with Gasteiger partial charge >= 0.3 is 0 Å². The molecule has 0 amide bonds. The maximum Gasteiger partial charge on any atom is 0.145 e. The lowest BCUT2D eigenvalue weighted by Crippen LogP contribution is -2.51. The zero-order chi connectivity index (χ0) is 14.9. The average Bonchev–Trinajstić information content (AvgIpc) is 2.55. The second-order valence-corrected chi connectivity index (χ2v) is 7.20. The van der Waals surface area contributed by atoms with E-state index in [1.165, 1.54) is 0 Å². The van der Waals surface area contributed by atoms with E-state index in [4.69, 9.17) is 15.5 Å². The minimum Gasteiger partial charge on any atom is -0.383 e. The lowest BCUT2D eigenvalue weighted by molar-refractivity contribution is 0.0343. The van der Waals surface area contributed by atoms with Crippen LogP contribution in [0.2, 0.25) is 0 Å². The first kappa shape index (κ1) is 14.2. The lowest BCUT2D eigenvalue weighted by atomic mass is 10.1. The largest absolute Gasteiger partial charge is 0.383 e. The van der Waals surface area contributed by atoms with Gasteiger partial charge < -0.3 is 10.5 Å². The molecule has 1 aromatic heterocycles. The molecule has 6 heteroatoms. The molecule has 3 heterocycles. The SMILES string of the molecule is Nc1nc(CN2CCS[C@H]3COCC[C@@H]32)nc2ccccc12. The second-order valence-electron chi connectivity index (χ2n) is 5.85. The molecular formula is C16H20N4OS. The third-order valence-corrected chi connectivity index (χ3v) is 5.77. The fourth-order valence-electron chi connectivity index (χ4n) is 3.36. The number of nitrogens with two attached hydrogens (primary N) is 1. The number of hydrogen-bond donors (Lipinski definition) is 1. The van der Waals surface area contributed by atoms with Gasteiger partial charge in [-0.05, 0) is 18.6 Å². The van der Waals surface area contributed by atoms with E-state index in [0.717, 1.165) is 55.2 Å². The zero-order valence-corrected chi connectivity index (χ0v) is 13.3. The summed E-state index contributed by atoms with van der Waals surface area (Å²) in [6, 6.07) is 8.50. The summed E-state index contributed by atoms with van der Waals surface area (Å²) in [5.74, 6) is 2.55. The van der Waals surface area contributed by atoms with Crippen LogP contribution in [0.25, 0.3) is 10.9 Å². The smallest absolute Gasteiger partial charge is 0.145 e. The van der Waals surface area contributed by atoms with Crippen molar-refractivity contribution in [3.63, 3.8) is 0 Å². The van der Waals surface area contributed by atoms with Crippen molar-refractivity contribution < 1.29 is 4.74 Å². The molecule has 1 aromatic carbocycles. The van der Waals surface area contributed by atoms with Crippen molar-refractivity contribution >= 4 is 28.5 Å². The molecule has 116 valence electrons. The Morgan fingerprint density at radius 1 is 1.32 bits per heavy atom. The molecule has 0 radical (unpaired) electrons. The van der Waals surface area contributed by atoms with Crippen molar-refractivity contribution in [3.05, 3.63) is 30.1 Å². The first-order valence-electron chi connectivity index (χ1n) is 7.76. The van der Waals surface area contributed by atoms with Crippen molar-refractivity contribution in [2.24, 2.45) is 0 Å². The van der Waals surface area contributed by atoms with E-state index >= 15 is 0 Å². The van der Waals surface area contributed by atoms with Gasteiger partial charge in [0.1, 0.15) is 11.6 Å². The van der Waals surface area contributed by atoms with E-state index < -0.39 is 0 Å². The molecule has 22 heavy (non-hydrogen) atoms. The minimum absolute atomic E-state index is 0.573. The van der Waals surface area contributed by atoms with Crippen LogP contribution >= 0.6 is 11.8 Å². The number of anilines is 1. The van der Waals surface area contributed by atoms with Gasteiger partial charge in [0.05, 0.1) is 18.7 Å². The predicted octanol–water partition coefficient (Wildman–Crippen LogP) is 1.92. The second kappa shape index (κ2) is 6.02. The highest BCUT2D eigenvalue weighted by atomic mass is 32.2. The molecule has 2 N–H and O–H groups in total. The van der Waals surface area contributed by atoms with Gasteiger partial charge in [-0.25, -0.2) is 9.97 Å². The van der Waals surface area contributed by atoms with Crippen LogP contribution < -0.4 is 5.73 Å². The number of hydrogen-bond acceptors (Lipinski definition) is 6. The quantitative estimate of drug-likeness (QED) is 0.913. The van der Waals surface area contributed by atoms with Crippen LogP contribution in [0.1, 0.15) is 12.2 Å². The number of aromatic nitrogens is 2. The summed E-state index contributed by atoms with van der Waals surface area (Å²) in [5.41, 5.74) is 7.03. The van der Waals surface area contributed by atoms with Crippen LogP contribution in [0.3, 0.4) is 0 Å². The Morgan fingerprint density at radius 2 is 2.23 bits per heavy atom. The summed E-state index contributed by atoms with van der Waals surface area (Å²) < 4.78 is 5.62. The number of rotatable bonds is 2. The molecule has 5 nitrogen and oxygen atoms in total. The molecule has 0 aliphatic carbocycles. The Morgan fingerprint density at radius 3 is 3.18 bits per heavy atom. The number of benzene rings is 1. The average molecular weight is 316 g/mol. The maximum absolute atomic E-state index is 6.10. The van der Waals surface area contributed by atoms with E-state index in [2.05, 4.69) is 9.88 Å². The summed E-state index contributed by atoms with van der Waals surface area (Å²) in [4.78, 5) is 11.7. The third-order valence-electron chi connectivity index (χ3n) is 4.47. The van der Waals surface area contributed by atoms with Crippen LogP contribution in [0.15, 0.2) is 24.3 Å². The fraction of sp³-hybridized carbons (Fsp3) is 0.500. The van der Waals surface area contributed by atoms with Gasteiger partial charge in [-0.3, -0.25) is 4.90 Å². The van der Waals surface area contributed by atoms with Crippen molar-refractivity contribution in [3.8, 4) is 0 Å². The van der Waals surface area contributed by atoms with Crippen LogP contribution in [0.5, 0.6) is 0 Å². The summed E-state index contributed by atoms with van der Waals surface area (Å²) in [5, 5.41) is 1.52. The topological polar surface area (TPSA) is 64.3 Å². The van der Waals surface area contributed by atoms with Crippen LogP contribution in [-0.2, 0) is 11.3 Å². The number of thioether (sulfide) groups is 1. The molecule has 2 aliphatic heterocycles. The number of ether oxygens (including phenoxy) is 1. The third kappa shape index (κ3) is 2.66. The number of nitrogen functional groups attached to an aromatic ring is 1.